The molecular weight excluding hydrogens is 288 g/mol. The first kappa shape index (κ1) is 15.9. The van der Waals surface area contributed by atoms with Crippen molar-refractivity contribution in [3.63, 3.8) is 0 Å². The molecule has 1 aromatic carbocycles. The Morgan fingerprint density at radius 2 is 1.96 bits per heavy atom. The van der Waals surface area contributed by atoms with E-state index in [0.717, 1.165) is 38.3 Å². The number of methoxy groups -OCH3 is 1. The molecule has 2 aromatic rings. The summed E-state index contributed by atoms with van der Waals surface area (Å²) in [5, 5.41) is 3.25. The van der Waals surface area contributed by atoms with Gasteiger partial charge in [0, 0.05) is 44.7 Å². The minimum Gasteiger partial charge on any atom is -0.384 e. The third kappa shape index (κ3) is 4.74. The van der Waals surface area contributed by atoms with Gasteiger partial charge in [-0.05, 0) is 24.4 Å². The molecule has 1 fully saturated rings. The minimum absolute atomic E-state index is 0.660. The summed E-state index contributed by atoms with van der Waals surface area (Å²) in [4.78, 5) is 11.3. The monoisotopic (exact) mass is 312 g/mol. The summed E-state index contributed by atoms with van der Waals surface area (Å²) in [5.41, 5.74) is 2.38. The molecule has 5 nitrogen and oxygen atoms in total. The van der Waals surface area contributed by atoms with Crippen LogP contribution in [0.3, 0.4) is 0 Å². The summed E-state index contributed by atoms with van der Waals surface area (Å²) < 4.78 is 5.24. The van der Waals surface area contributed by atoms with Crippen LogP contribution in [0.4, 0.5) is 5.95 Å². The van der Waals surface area contributed by atoms with Crippen LogP contribution in [0, 0.1) is 5.92 Å². The van der Waals surface area contributed by atoms with Crippen LogP contribution < -0.4 is 5.32 Å². The van der Waals surface area contributed by atoms with E-state index in [1.54, 1.807) is 7.11 Å². The Morgan fingerprint density at radius 3 is 2.70 bits per heavy atom. The molecule has 1 aliphatic rings. The third-order valence-electron chi connectivity index (χ3n) is 4.18. The van der Waals surface area contributed by atoms with Crippen molar-refractivity contribution in [2.24, 2.45) is 5.92 Å². The fraction of sp³-hybridized carbons (Fsp3) is 0.444. The molecule has 0 unspecified atom stereocenters. The molecule has 1 aromatic heterocycles. The average Bonchev–Trinajstić information content (AvgIpc) is 3.03. The van der Waals surface area contributed by atoms with Gasteiger partial charge in [-0.25, -0.2) is 9.97 Å². The van der Waals surface area contributed by atoms with Crippen molar-refractivity contribution >= 4 is 5.95 Å². The number of likely N-dealkylation sites (tertiary alicyclic amines) is 1. The predicted molar refractivity (Wildman–Crippen MR) is 91.1 cm³/mol. The van der Waals surface area contributed by atoms with Gasteiger partial charge in [-0.1, -0.05) is 30.3 Å². The molecule has 1 aliphatic heterocycles. The zero-order valence-corrected chi connectivity index (χ0v) is 13.6. The van der Waals surface area contributed by atoms with E-state index in [1.807, 2.05) is 30.6 Å². The fourth-order valence-electron chi connectivity index (χ4n) is 2.99. The van der Waals surface area contributed by atoms with E-state index in [4.69, 9.17) is 4.74 Å². The first-order chi connectivity index (χ1) is 11.3. The van der Waals surface area contributed by atoms with Crippen molar-refractivity contribution < 1.29 is 4.74 Å². The smallest absolute Gasteiger partial charge is 0.222 e. The van der Waals surface area contributed by atoms with Gasteiger partial charge in [-0.3, -0.25) is 4.90 Å². The van der Waals surface area contributed by atoms with E-state index in [2.05, 4.69) is 32.3 Å². The van der Waals surface area contributed by atoms with Crippen LogP contribution in [0.25, 0.3) is 0 Å². The molecule has 122 valence electrons. The Bertz CT molecular complexity index is 588. The lowest BCUT2D eigenvalue weighted by Crippen LogP contribution is -2.21. The molecule has 1 saturated heterocycles. The molecule has 1 atom stereocenters. The summed E-state index contributed by atoms with van der Waals surface area (Å²) in [6.45, 7) is 4.74. The highest BCUT2D eigenvalue weighted by molar-refractivity contribution is 5.27. The predicted octanol–water partition coefficient (Wildman–Crippen LogP) is 2.56. The number of aromatic nitrogens is 2. The van der Waals surface area contributed by atoms with Crippen LogP contribution in [0.15, 0.2) is 42.7 Å². The van der Waals surface area contributed by atoms with Gasteiger partial charge in [0.25, 0.3) is 0 Å². The summed E-state index contributed by atoms with van der Waals surface area (Å²) in [6, 6.07) is 10.3. The Kier molecular flexibility index (Phi) is 5.56. The SMILES string of the molecule is COC[C@H]1CCN(Cc2cnc(NCc3ccccc3)nc2)C1. The third-order valence-corrected chi connectivity index (χ3v) is 4.18. The largest absolute Gasteiger partial charge is 0.384 e. The van der Waals surface area contributed by atoms with Gasteiger partial charge in [0.1, 0.15) is 0 Å². The van der Waals surface area contributed by atoms with E-state index < -0.39 is 0 Å². The summed E-state index contributed by atoms with van der Waals surface area (Å²) in [7, 11) is 1.78. The highest BCUT2D eigenvalue weighted by Crippen LogP contribution is 2.18. The molecule has 0 saturated carbocycles. The van der Waals surface area contributed by atoms with Crippen LogP contribution in [-0.4, -0.2) is 41.7 Å². The molecule has 0 amide bonds. The first-order valence-electron chi connectivity index (χ1n) is 8.13. The van der Waals surface area contributed by atoms with Gasteiger partial charge in [-0.2, -0.15) is 0 Å². The second kappa shape index (κ2) is 8.04. The van der Waals surface area contributed by atoms with Gasteiger partial charge >= 0.3 is 0 Å². The molecule has 3 rings (SSSR count). The van der Waals surface area contributed by atoms with Crippen molar-refractivity contribution in [2.45, 2.75) is 19.5 Å². The average molecular weight is 312 g/mol. The highest BCUT2D eigenvalue weighted by atomic mass is 16.5. The number of anilines is 1. The Labute approximate surface area is 137 Å². The highest BCUT2D eigenvalue weighted by Gasteiger charge is 2.22. The Hall–Kier alpha value is -1.98. The van der Waals surface area contributed by atoms with Gasteiger partial charge in [-0.15, -0.1) is 0 Å². The number of nitrogens with zero attached hydrogens (tertiary/aromatic N) is 3. The van der Waals surface area contributed by atoms with Crippen molar-refractivity contribution in [3.8, 4) is 0 Å². The second-order valence-corrected chi connectivity index (χ2v) is 6.10. The van der Waals surface area contributed by atoms with Crippen molar-refractivity contribution in [1.82, 2.24) is 14.9 Å². The van der Waals surface area contributed by atoms with Gasteiger partial charge in [0.2, 0.25) is 5.95 Å². The standard InChI is InChI=1S/C18H24N4O/c1-23-14-16-7-8-22(12-16)13-17-10-20-18(21-11-17)19-9-15-5-3-2-4-6-15/h2-6,10-11,16H,7-9,12-14H2,1H3,(H,19,20,21)/t16-/m0/s1. The van der Waals surface area contributed by atoms with Gasteiger partial charge < -0.3 is 10.1 Å². The van der Waals surface area contributed by atoms with Crippen LogP contribution in [-0.2, 0) is 17.8 Å². The number of hydrogen-bond acceptors (Lipinski definition) is 5. The second-order valence-electron chi connectivity index (χ2n) is 6.10. The quantitative estimate of drug-likeness (QED) is 0.851. The molecular formula is C18H24N4O. The molecule has 1 N–H and O–H groups in total. The molecule has 0 radical (unpaired) electrons. The van der Waals surface area contributed by atoms with Crippen LogP contribution in [0.2, 0.25) is 0 Å². The topological polar surface area (TPSA) is 50.3 Å². The summed E-state index contributed by atoms with van der Waals surface area (Å²) in [5.74, 6) is 1.34. The lowest BCUT2D eigenvalue weighted by atomic mass is 10.1. The normalized spacial score (nSPS) is 18.2. The van der Waals surface area contributed by atoms with E-state index in [-0.39, 0.29) is 0 Å². The number of benzene rings is 1. The fourth-order valence-corrected chi connectivity index (χ4v) is 2.99. The van der Waals surface area contributed by atoms with Crippen LogP contribution in [0.1, 0.15) is 17.5 Å². The van der Waals surface area contributed by atoms with Gasteiger partial charge in [0.05, 0.1) is 6.61 Å². The molecule has 0 bridgehead atoms. The first-order valence-corrected chi connectivity index (χ1v) is 8.13. The van der Waals surface area contributed by atoms with E-state index in [9.17, 15) is 0 Å². The van der Waals surface area contributed by atoms with E-state index in [1.165, 1.54) is 12.0 Å². The summed E-state index contributed by atoms with van der Waals surface area (Å²) >= 11 is 0. The number of nitrogens with one attached hydrogen (secondary N) is 1. The van der Waals surface area contributed by atoms with E-state index >= 15 is 0 Å². The number of hydrogen-bond donors (Lipinski definition) is 1. The maximum atomic E-state index is 5.24. The molecule has 2 heterocycles. The van der Waals surface area contributed by atoms with Crippen molar-refractivity contribution in [1.29, 1.82) is 0 Å². The molecule has 0 aliphatic carbocycles. The van der Waals surface area contributed by atoms with Crippen LogP contribution >= 0.6 is 0 Å². The molecule has 23 heavy (non-hydrogen) atoms. The minimum atomic E-state index is 0.660. The maximum absolute atomic E-state index is 5.24. The van der Waals surface area contributed by atoms with Crippen molar-refractivity contribution in [3.05, 3.63) is 53.9 Å². The van der Waals surface area contributed by atoms with Gasteiger partial charge in [0.15, 0.2) is 0 Å². The van der Waals surface area contributed by atoms with Crippen molar-refractivity contribution in [2.75, 3.05) is 32.1 Å². The Balaban J connectivity index is 1.47. The lowest BCUT2D eigenvalue weighted by molar-refractivity contribution is 0.152. The lowest BCUT2D eigenvalue weighted by Gasteiger charge is -2.15. The Morgan fingerprint density at radius 1 is 1.17 bits per heavy atom. The zero-order chi connectivity index (χ0) is 15.9. The number of ether oxygens (including phenoxy) is 1. The number of rotatable bonds is 7. The van der Waals surface area contributed by atoms with E-state index in [0.29, 0.717) is 11.9 Å². The molecule has 5 heteroatoms. The summed E-state index contributed by atoms with van der Waals surface area (Å²) in [6.07, 6.45) is 5.05. The maximum Gasteiger partial charge on any atom is 0.222 e. The zero-order valence-electron chi connectivity index (χ0n) is 13.6. The molecule has 0 spiro atoms. The van der Waals surface area contributed by atoms with Crippen LogP contribution in [0.5, 0.6) is 0 Å².